The van der Waals surface area contributed by atoms with Crippen LogP contribution in [0.4, 0.5) is 4.79 Å². The van der Waals surface area contributed by atoms with Gasteiger partial charge in [0.2, 0.25) is 5.91 Å². The molecule has 7 nitrogen and oxygen atoms in total. The van der Waals surface area contributed by atoms with Crippen molar-refractivity contribution in [2.45, 2.75) is 25.8 Å². The van der Waals surface area contributed by atoms with E-state index in [1.807, 2.05) is 35.2 Å². The highest BCUT2D eigenvalue weighted by molar-refractivity contribution is 5.96. The quantitative estimate of drug-likeness (QED) is 0.788. The standard InChI is InChI=1S/C17H23N3O4/c1-2-24-16(22)13-9-6-10-20(11-13)14(15(21)19-17(18)23)12-7-4-3-5-8-12/h3-5,7-8,13-14H,2,6,9-11H2,1H3,(H3,18,19,21,23). The number of esters is 1. The largest absolute Gasteiger partial charge is 0.466 e. The number of hydrogen-bond acceptors (Lipinski definition) is 5. The first kappa shape index (κ1) is 17.9. The molecule has 0 radical (unpaired) electrons. The van der Waals surface area contributed by atoms with Crippen molar-refractivity contribution in [2.24, 2.45) is 11.7 Å². The topological polar surface area (TPSA) is 102 Å². The Morgan fingerprint density at radius 2 is 2.04 bits per heavy atom. The number of ether oxygens (including phenoxy) is 1. The van der Waals surface area contributed by atoms with Crippen LogP contribution in [0, 0.1) is 5.92 Å². The molecule has 3 amide bonds. The van der Waals surface area contributed by atoms with E-state index in [4.69, 9.17) is 10.5 Å². The van der Waals surface area contributed by atoms with Crippen molar-refractivity contribution in [1.82, 2.24) is 10.2 Å². The second-order valence-electron chi connectivity index (χ2n) is 5.75. The van der Waals surface area contributed by atoms with E-state index in [1.54, 1.807) is 6.92 Å². The van der Waals surface area contributed by atoms with Gasteiger partial charge in [-0.15, -0.1) is 0 Å². The lowest BCUT2D eigenvalue weighted by Gasteiger charge is -2.36. The smallest absolute Gasteiger partial charge is 0.318 e. The summed E-state index contributed by atoms with van der Waals surface area (Å²) in [6.07, 6.45) is 1.50. The Bertz CT molecular complexity index is 591. The molecule has 1 heterocycles. The molecular formula is C17H23N3O4. The fourth-order valence-electron chi connectivity index (χ4n) is 3.05. The highest BCUT2D eigenvalue weighted by Crippen LogP contribution is 2.28. The number of piperidine rings is 1. The molecule has 0 saturated carbocycles. The van der Waals surface area contributed by atoms with Gasteiger partial charge in [-0.3, -0.25) is 19.8 Å². The third kappa shape index (κ3) is 4.55. The van der Waals surface area contributed by atoms with Gasteiger partial charge >= 0.3 is 12.0 Å². The lowest BCUT2D eigenvalue weighted by molar-refractivity contribution is -0.151. The Balaban J connectivity index is 2.21. The molecule has 1 aliphatic heterocycles. The second-order valence-corrected chi connectivity index (χ2v) is 5.75. The van der Waals surface area contributed by atoms with Crippen LogP contribution < -0.4 is 11.1 Å². The summed E-state index contributed by atoms with van der Waals surface area (Å²) in [5.74, 6) is -1.01. The monoisotopic (exact) mass is 333 g/mol. The number of hydrogen-bond donors (Lipinski definition) is 2. The molecule has 24 heavy (non-hydrogen) atoms. The molecule has 1 saturated heterocycles. The van der Waals surface area contributed by atoms with E-state index in [0.29, 0.717) is 19.7 Å². The van der Waals surface area contributed by atoms with Gasteiger partial charge in [-0.1, -0.05) is 30.3 Å². The Morgan fingerprint density at radius 1 is 1.33 bits per heavy atom. The van der Waals surface area contributed by atoms with Crippen LogP contribution in [0.15, 0.2) is 30.3 Å². The average molecular weight is 333 g/mol. The van der Waals surface area contributed by atoms with E-state index in [0.717, 1.165) is 18.4 Å². The summed E-state index contributed by atoms with van der Waals surface area (Å²) in [7, 11) is 0. The minimum Gasteiger partial charge on any atom is -0.466 e. The highest BCUT2D eigenvalue weighted by atomic mass is 16.5. The number of carbonyl (C=O) groups excluding carboxylic acids is 3. The highest BCUT2D eigenvalue weighted by Gasteiger charge is 2.35. The van der Waals surface area contributed by atoms with Crippen LogP contribution in [0.2, 0.25) is 0 Å². The van der Waals surface area contributed by atoms with E-state index in [1.165, 1.54) is 0 Å². The second kappa shape index (κ2) is 8.44. The SMILES string of the molecule is CCOC(=O)C1CCCN(C(C(=O)NC(N)=O)c2ccccc2)C1. The first-order valence-corrected chi connectivity index (χ1v) is 8.08. The predicted molar refractivity (Wildman–Crippen MR) is 87.8 cm³/mol. The first-order chi connectivity index (χ1) is 11.5. The van der Waals surface area contributed by atoms with E-state index < -0.39 is 18.0 Å². The third-order valence-corrected chi connectivity index (χ3v) is 4.05. The minimum absolute atomic E-state index is 0.246. The molecule has 0 aliphatic carbocycles. The van der Waals surface area contributed by atoms with Gasteiger partial charge in [0, 0.05) is 6.54 Å². The molecule has 2 atom stereocenters. The third-order valence-electron chi connectivity index (χ3n) is 4.05. The van der Waals surface area contributed by atoms with Crippen molar-refractivity contribution in [3.63, 3.8) is 0 Å². The molecule has 1 aliphatic rings. The van der Waals surface area contributed by atoms with Crippen LogP contribution in [0.3, 0.4) is 0 Å². The molecule has 1 aromatic carbocycles. The summed E-state index contributed by atoms with van der Waals surface area (Å²) in [6, 6.07) is 7.58. The van der Waals surface area contributed by atoms with Crippen LogP contribution >= 0.6 is 0 Å². The lowest BCUT2D eigenvalue weighted by atomic mass is 9.94. The number of benzene rings is 1. The van der Waals surface area contributed by atoms with E-state index in [2.05, 4.69) is 5.32 Å². The van der Waals surface area contributed by atoms with Crippen molar-refractivity contribution < 1.29 is 19.1 Å². The van der Waals surface area contributed by atoms with Gasteiger partial charge < -0.3 is 10.5 Å². The normalized spacial score (nSPS) is 19.3. The van der Waals surface area contributed by atoms with E-state index in [-0.39, 0.29) is 11.9 Å². The molecular weight excluding hydrogens is 310 g/mol. The number of imide groups is 1. The fraction of sp³-hybridized carbons (Fsp3) is 0.471. The van der Waals surface area contributed by atoms with Crippen molar-refractivity contribution in [3.05, 3.63) is 35.9 Å². The zero-order valence-corrected chi connectivity index (χ0v) is 13.7. The number of primary amides is 1. The molecule has 0 bridgehead atoms. The van der Waals surface area contributed by atoms with Crippen molar-refractivity contribution in [2.75, 3.05) is 19.7 Å². The van der Waals surface area contributed by atoms with Gasteiger partial charge in [-0.2, -0.15) is 0 Å². The number of likely N-dealkylation sites (tertiary alicyclic amines) is 1. The van der Waals surface area contributed by atoms with Gasteiger partial charge in [-0.25, -0.2) is 4.79 Å². The number of carbonyl (C=O) groups is 3. The van der Waals surface area contributed by atoms with E-state index >= 15 is 0 Å². The molecule has 1 fully saturated rings. The van der Waals surface area contributed by atoms with Gasteiger partial charge in [0.1, 0.15) is 6.04 Å². The van der Waals surface area contributed by atoms with E-state index in [9.17, 15) is 14.4 Å². The zero-order valence-electron chi connectivity index (χ0n) is 13.7. The van der Waals surface area contributed by atoms with Crippen molar-refractivity contribution in [3.8, 4) is 0 Å². The van der Waals surface area contributed by atoms with Crippen molar-refractivity contribution in [1.29, 1.82) is 0 Å². The maximum atomic E-state index is 12.5. The lowest BCUT2D eigenvalue weighted by Crippen LogP contribution is -2.48. The summed E-state index contributed by atoms with van der Waals surface area (Å²) in [5.41, 5.74) is 5.84. The molecule has 130 valence electrons. The summed E-state index contributed by atoms with van der Waals surface area (Å²) in [6.45, 7) is 3.16. The number of amides is 3. The molecule has 1 aromatic rings. The zero-order chi connectivity index (χ0) is 17.5. The predicted octanol–water partition coefficient (Wildman–Crippen LogP) is 1.20. The number of rotatable bonds is 5. The van der Waals surface area contributed by atoms with Crippen LogP contribution in [0.5, 0.6) is 0 Å². The fourth-order valence-corrected chi connectivity index (χ4v) is 3.05. The van der Waals surface area contributed by atoms with Crippen LogP contribution in [-0.2, 0) is 14.3 Å². The Hall–Kier alpha value is -2.41. The molecule has 2 unspecified atom stereocenters. The van der Waals surface area contributed by atoms with Gasteiger partial charge in [0.15, 0.2) is 0 Å². The summed E-state index contributed by atoms with van der Waals surface area (Å²) >= 11 is 0. The number of urea groups is 1. The van der Waals surface area contributed by atoms with Crippen LogP contribution in [0.25, 0.3) is 0 Å². The molecule has 0 aromatic heterocycles. The average Bonchev–Trinajstić information content (AvgIpc) is 2.56. The maximum Gasteiger partial charge on any atom is 0.318 e. The molecule has 2 rings (SSSR count). The number of nitrogens with zero attached hydrogens (tertiary/aromatic N) is 1. The van der Waals surface area contributed by atoms with Gasteiger partial charge in [-0.05, 0) is 31.9 Å². The summed E-state index contributed by atoms with van der Waals surface area (Å²) < 4.78 is 5.10. The number of nitrogens with one attached hydrogen (secondary N) is 1. The first-order valence-electron chi connectivity index (χ1n) is 8.08. The summed E-state index contributed by atoms with van der Waals surface area (Å²) in [4.78, 5) is 37.5. The van der Waals surface area contributed by atoms with Gasteiger partial charge in [0.05, 0.1) is 12.5 Å². The van der Waals surface area contributed by atoms with Crippen LogP contribution in [0.1, 0.15) is 31.4 Å². The van der Waals surface area contributed by atoms with Gasteiger partial charge in [0.25, 0.3) is 0 Å². The summed E-state index contributed by atoms with van der Waals surface area (Å²) in [5, 5.41) is 2.15. The Kier molecular flexibility index (Phi) is 6.31. The molecule has 3 N–H and O–H groups in total. The minimum atomic E-state index is -0.889. The van der Waals surface area contributed by atoms with Crippen LogP contribution in [-0.4, -0.2) is 42.5 Å². The number of nitrogens with two attached hydrogens (primary N) is 1. The molecule has 0 spiro atoms. The van der Waals surface area contributed by atoms with Crippen molar-refractivity contribution >= 4 is 17.9 Å². The Labute approximate surface area is 141 Å². The Morgan fingerprint density at radius 3 is 2.67 bits per heavy atom. The maximum absolute atomic E-state index is 12.5. The molecule has 7 heteroatoms.